The van der Waals surface area contributed by atoms with Gasteiger partial charge in [0.05, 0.1) is 7.11 Å². The largest absolute Gasteiger partial charge is 0.397 e. The summed E-state index contributed by atoms with van der Waals surface area (Å²) in [6.07, 6.45) is 43.2. The number of carbonyl (C=O) groups excluding carboxylic acids is 2. The van der Waals surface area contributed by atoms with E-state index in [1.54, 1.807) is 0 Å². The summed E-state index contributed by atoms with van der Waals surface area (Å²) < 4.78 is 29.7. The molecule has 0 heterocycles. The van der Waals surface area contributed by atoms with E-state index in [9.17, 15) is 18.0 Å². The zero-order chi connectivity index (χ0) is 36.9. The van der Waals surface area contributed by atoms with E-state index in [1.807, 2.05) is 18.9 Å². The Labute approximate surface area is 304 Å². The number of carbonyl (C=O) groups is 2. The van der Waals surface area contributed by atoms with Crippen LogP contribution in [-0.2, 0) is 24.2 Å². The number of nitrogens with zero attached hydrogens (tertiary/aromatic N) is 1. The van der Waals surface area contributed by atoms with Crippen molar-refractivity contribution in [3.8, 4) is 0 Å². The molecule has 0 aliphatic heterocycles. The molecule has 49 heavy (non-hydrogen) atoms. The normalized spacial score (nSPS) is 12.0. The highest BCUT2D eigenvalue weighted by Gasteiger charge is 2.28. The van der Waals surface area contributed by atoms with Gasteiger partial charge in [-0.05, 0) is 77.8 Å². The van der Waals surface area contributed by atoms with Crippen LogP contribution in [-0.4, -0.2) is 56.2 Å². The van der Waals surface area contributed by atoms with Crippen LogP contribution in [0.5, 0.6) is 0 Å². The predicted octanol–water partition coefficient (Wildman–Crippen LogP) is 12.0. The zero-order valence-electron chi connectivity index (χ0n) is 32.7. The number of hydrogen-bond acceptors (Lipinski definition) is 6. The molecule has 0 bridgehead atoms. The third-order valence-electron chi connectivity index (χ3n) is 9.13. The van der Waals surface area contributed by atoms with Crippen LogP contribution < -0.4 is 0 Å². The van der Waals surface area contributed by atoms with Crippen molar-refractivity contribution in [2.45, 2.75) is 207 Å². The second kappa shape index (κ2) is 37.9. The second-order valence-electron chi connectivity index (χ2n) is 13.7. The third kappa shape index (κ3) is 37.7. The van der Waals surface area contributed by atoms with Gasteiger partial charge in [-0.2, -0.15) is 8.42 Å². The molecule has 0 aromatic carbocycles. The Morgan fingerprint density at radius 2 is 0.816 bits per heavy atom. The third-order valence-corrected chi connectivity index (χ3v) is 9.55. The number of allylic oxidation sites excluding steroid dienone is 4. The van der Waals surface area contributed by atoms with E-state index in [-0.39, 0.29) is 11.6 Å². The van der Waals surface area contributed by atoms with E-state index in [4.69, 9.17) is 4.55 Å². The van der Waals surface area contributed by atoms with Crippen LogP contribution in [0.4, 0.5) is 0 Å². The first-order valence-electron chi connectivity index (χ1n) is 20.2. The molecule has 0 fully saturated rings. The molecule has 0 spiro atoms. The molecule has 0 saturated carbocycles. The number of likely N-dealkylation sites (N-methyl/N-ethyl adjacent to an activating group) is 1. The lowest BCUT2D eigenvalue weighted by molar-refractivity contribution is -0.134. The molecule has 7 nitrogen and oxygen atoms in total. The summed E-state index contributed by atoms with van der Waals surface area (Å²) in [5.41, 5.74) is 0. The van der Waals surface area contributed by atoms with E-state index >= 15 is 0 Å². The molecule has 0 amide bonds. The number of unbranched alkanes of at least 4 members (excludes halogenated alkanes) is 22. The molecular formula is C41H79NO6S. The van der Waals surface area contributed by atoms with Crippen molar-refractivity contribution in [3.05, 3.63) is 24.3 Å². The average Bonchev–Trinajstić information content (AvgIpc) is 3.08. The molecule has 1 N–H and O–H groups in total. The van der Waals surface area contributed by atoms with E-state index in [0.29, 0.717) is 12.8 Å². The lowest BCUT2D eigenvalue weighted by atomic mass is 9.96. The van der Waals surface area contributed by atoms with Crippen molar-refractivity contribution in [2.24, 2.45) is 0 Å². The average molecular weight is 714 g/mol. The second-order valence-corrected chi connectivity index (χ2v) is 14.9. The highest BCUT2D eigenvalue weighted by molar-refractivity contribution is 7.80. The zero-order valence-corrected chi connectivity index (χ0v) is 33.6. The topological polar surface area (TPSA) is 101 Å². The summed E-state index contributed by atoms with van der Waals surface area (Å²) in [6.45, 7) is 7.32. The molecule has 8 heteroatoms. The lowest BCUT2D eigenvalue weighted by Gasteiger charge is -2.24. The fourth-order valence-electron chi connectivity index (χ4n) is 5.87. The van der Waals surface area contributed by atoms with Gasteiger partial charge in [0.25, 0.3) is 0 Å². The summed E-state index contributed by atoms with van der Waals surface area (Å²) in [5.74, 6) is 0.277. The van der Waals surface area contributed by atoms with Crippen LogP contribution >= 0.6 is 0 Å². The van der Waals surface area contributed by atoms with Crippen LogP contribution in [0.2, 0.25) is 0 Å². The Kier molecular flexibility index (Phi) is 38.5. The van der Waals surface area contributed by atoms with Crippen molar-refractivity contribution in [1.82, 2.24) is 4.90 Å². The van der Waals surface area contributed by atoms with Crippen molar-refractivity contribution in [1.29, 1.82) is 0 Å². The predicted molar refractivity (Wildman–Crippen MR) is 210 cm³/mol. The molecule has 290 valence electrons. The van der Waals surface area contributed by atoms with E-state index in [1.165, 1.54) is 141 Å². The maximum absolute atomic E-state index is 13.0. The molecule has 0 radical (unpaired) electrons. The van der Waals surface area contributed by atoms with E-state index in [2.05, 4.69) is 42.3 Å². The van der Waals surface area contributed by atoms with Crippen LogP contribution in [0.25, 0.3) is 0 Å². The minimum absolute atomic E-state index is 0.139. The molecule has 0 aliphatic rings. The standard InChI is InChI=1S/C40H75NO2.CH4O4S/c1-5-8-10-12-14-16-18-20-22-24-26-28-30-32-34-36-38(42)40(41(4)7-3)39(43)37-35-33-31-29-27-25-23-21-19-17-15-13-11-9-6-2;1-5-6(2,3)4/h20-23,40H,5-19,24-37H2,1-4H3;1H3,(H,2,3,4)/b22-20-,23-21-;. The Bertz CT molecular complexity index is 850. The monoisotopic (exact) mass is 714 g/mol. The van der Waals surface area contributed by atoms with Crippen molar-refractivity contribution in [2.75, 3.05) is 20.7 Å². The highest BCUT2D eigenvalue weighted by atomic mass is 32.3. The number of hydrogen-bond donors (Lipinski definition) is 1. The maximum atomic E-state index is 13.0. The van der Waals surface area contributed by atoms with Crippen LogP contribution in [0, 0.1) is 0 Å². The first-order valence-corrected chi connectivity index (χ1v) is 21.6. The van der Waals surface area contributed by atoms with Gasteiger partial charge in [0, 0.05) is 12.8 Å². The fourth-order valence-corrected chi connectivity index (χ4v) is 5.87. The summed E-state index contributed by atoms with van der Waals surface area (Å²) >= 11 is 0. The highest BCUT2D eigenvalue weighted by Crippen LogP contribution is 2.15. The molecule has 0 rings (SSSR count). The van der Waals surface area contributed by atoms with Gasteiger partial charge >= 0.3 is 10.4 Å². The molecule has 0 unspecified atom stereocenters. The summed E-state index contributed by atoms with van der Waals surface area (Å²) in [7, 11) is -1.36. The molecule has 0 aromatic rings. The summed E-state index contributed by atoms with van der Waals surface area (Å²) in [5, 5.41) is 0. The Morgan fingerprint density at radius 1 is 0.551 bits per heavy atom. The maximum Gasteiger partial charge on any atom is 0.397 e. The van der Waals surface area contributed by atoms with Crippen LogP contribution in [0.15, 0.2) is 24.3 Å². The molecular weight excluding hydrogens is 635 g/mol. The van der Waals surface area contributed by atoms with Gasteiger partial charge in [0.15, 0.2) is 11.6 Å². The summed E-state index contributed by atoms with van der Waals surface area (Å²) in [4.78, 5) is 28.0. The first-order chi connectivity index (χ1) is 23.6. The number of ketones is 2. The Balaban J connectivity index is 0. The van der Waals surface area contributed by atoms with Crippen LogP contribution in [0.3, 0.4) is 0 Å². The smallest absolute Gasteiger partial charge is 0.297 e. The van der Waals surface area contributed by atoms with E-state index in [0.717, 1.165) is 39.3 Å². The van der Waals surface area contributed by atoms with Gasteiger partial charge in [-0.3, -0.25) is 23.2 Å². The quantitative estimate of drug-likeness (QED) is 0.0302. The van der Waals surface area contributed by atoms with Gasteiger partial charge in [0.1, 0.15) is 6.04 Å². The van der Waals surface area contributed by atoms with Gasteiger partial charge in [-0.15, -0.1) is 0 Å². The molecule has 0 aliphatic carbocycles. The molecule has 0 atom stereocenters. The van der Waals surface area contributed by atoms with Crippen molar-refractivity contribution < 1.29 is 26.7 Å². The Morgan fingerprint density at radius 3 is 1.08 bits per heavy atom. The van der Waals surface area contributed by atoms with Gasteiger partial charge in [0.2, 0.25) is 0 Å². The van der Waals surface area contributed by atoms with Gasteiger partial charge in [-0.25, -0.2) is 0 Å². The molecule has 0 saturated heterocycles. The summed E-state index contributed by atoms with van der Waals surface area (Å²) in [6, 6.07) is -0.529. The van der Waals surface area contributed by atoms with Crippen molar-refractivity contribution >= 4 is 22.0 Å². The van der Waals surface area contributed by atoms with Crippen LogP contribution in [0.1, 0.15) is 201 Å². The van der Waals surface area contributed by atoms with Gasteiger partial charge in [-0.1, -0.05) is 148 Å². The first kappa shape index (κ1) is 49.8. The molecule has 0 aromatic heterocycles. The Hall–Kier alpha value is -1.35. The lowest BCUT2D eigenvalue weighted by Crippen LogP contribution is -2.44. The number of Topliss-reactive ketones (excluding diaryl/α,β-unsaturated/α-hetero) is 2. The number of rotatable bonds is 35. The SMILES string of the molecule is CCCCCCCC/C=C\CCCCCCCC(=O)C(C(=O)CCCCCCC/C=C\CCCCCCCC)N(C)CC.COS(=O)(=O)O. The minimum atomic E-state index is -4.16. The van der Waals surface area contributed by atoms with Crippen molar-refractivity contribution in [3.63, 3.8) is 0 Å². The minimum Gasteiger partial charge on any atom is -0.297 e. The van der Waals surface area contributed by atoms with E-state index < -0.39 is 16.4 Å². The van der Waals surface area contributed by atoms with Gasteiger partial charge < -0.3 is 0 Å². The fraction of sp³-hybridized carbons (Fsp3) is 0.854.